The van der Waals surface area contributed by atoms with Crippen LogP contribution in [-0.4, -0.2) is 34.7 Å². The van der Waals surface area contributed by atoms with Crippen molar-refractivity contribution in [3.8, 4) is 0 Å². The minimum absolute atomic E-state index is 0.0372. The Morgan fingerprint density at radius 1 is 1.30 bits per heavy atom. The zero-order valence-corrected chi connectivity index (χ0v) is 13.1. The quantitative estimate of drug-likeness (QED) is 0.640. The zero-order chi connectivity index (χ0) is 15.0. The van der Waals surface area contributed by atoms with Crippen LogP contribution in [0.25, 0.3) is 0 Å². The average Bonchev–Trinajstić information content (AvgIpc) is 2.85. The van der Waals surface area contributed by atoms with Crippen molar-refractivity contribution in [2.75, 3.05) is 20.3 Å². The molecule has 0 fully saturated rings. The first-order valence-corrected chi connectivity index (χ1v) is 8.24. The molecular formula is C13H24N2O4S. The molecule has 20 heavy (non-hydrogen) atoms. The van der Waals surface area contributed by atoms with Crippen LogP contribution in [0.5, 0.6) is 0 Å². The lowest BCUT2D eigenvalue weighted by atomic mass is 10.3. The minimum Gasteiger partial charge on any atom is -0.447 e. The third-order valence-corrected chi connectivity index (χ3v) is 3.99. The van der Waals surface area contributed by atoms with Gasteiger partial charge in [-0.05, 0) is 25.0 Å². The van der Waals surface area contributed by atoms with Crippen LogP contribution in [0.3, 0.4) is 0 Å². The molecule has 2 N–H and O–H groups in total. The number of nitrogens with one attached hydrogen (secondary N) is 2. The van der Waals surface area contributed by atoms with Gasteiger partial charge in [-0.2, -0.15) is 0 Å². The molecule has 0 aliphatic heterocycles. The number of hydrogen-bond acceptors (Lipinski definition) is 5. The van der Waals surface area contributed by atoms with E-state index in [2.05, 4.69) is 10.0 Å². The molecule has 1 heterocycles. The number of methoxy groups -OCH3 is 1. The molecule has 0 bridgehead atoms. The Morgan fingerprint density at radius 3 is 2.70 bits per heavy atom. The molecular weight excluding hydrogens is 280 g/mol. The Balaban J connectivity index is 2.46. The van der Waals surface area contributed by atoms with E-state index in [0.29, 0.717) is 31.5 Å². The maximum atomic E-state index is 12.0. The molecule has 0 spiro atoms. The van der Waals surface area contributed by atoms with E-state index in [0.717, 1.165) is 12.8 Å². The van der Waals surface area contributed by atoms with Crippen LogP contribution < -0.4 is 10.0 Å². The Kier molecular flexibility index (Phi) is 7.22. The summed E-state index contributed by atoms with van der Waals surface area (Å²) in [4.78, 5) is 0. The predicted octanol–water partition coefficient (Wildman–Crippen LogP) is 1.48. The van der Waals surface area contributed by atoms with Gasteiger partial charge < -0.3 is 14.5 Å². The highest BCUT2D eigenvalue weighted by Crippen LogP contribution is 2.13. The number of rotatable bonds is 10. The maximum absolute atomic E-state index is 12.0. The fourth-order valence-corrected chi connectivity index (χ4v) is 2.57. The van der Waals surface area contributed by atoms with E-state index in [4.69, 9.17) is 9.15 Å². The van der Waals surface area contributed by atoms with E-state index in [1.165, 1.54) is 6.07 Å². The highest BCUT2D eigenvalue weighted by atomic mass is 32.2. The lowest BCUT2D eigenvalue weighted by Gasteiger charge is -2.06. The fraction of sp³-hybridized carbons (Fsp3) is 0.692. The normalized spacial score (nSPS) is 12.2. The van der Waals surface area contributed by atoms with Crippen molar-refractivity contribution in [1.82, 2.24) is 10.0 Å². The molecule has 1 rings (SSSR count). The van der Waals surface area contributed by atoms with Gasteiger partial charge in [-0.25, -0.2) is 13.1 Å². The van der Waals surface area contributed by atoms with Gasteiger partial charge in [0, 0.05) is 26.3 Å². The summed E-state index contributed by atoms with van der Waals surface area (Å²) in [6.07, 6.45) is 1.55. The van der Waals surface area contributed by atoms with E-state index < -0.39 is 10.0 Å². The van der Waals surface area contributed by atoms with Crippen molar-refractivity contribution >= 4 is 10.0 Å². The van der Waals surface area contributed by atoms with Gasteiger partial charge in [0.05, 0.1) is 6.54 Å². The molecule has 0 saturated carbocycles. The third-order valence-electron chi connectivity index (χ3n) is 2.65. The van der Waals surface area contributed by atoms with Crippen LogP contribution in [0.1, 0.15) is 32.4 Å². The van der Waals surface area contributed by atoms with Crippen molar-refractivity contribution in [2.24, 2.45) is 0 Å². The second-order valence-electron chi connectivity index (χ2n) is 4.85. The summed E-state index contributed by atoms with van der Waals surface area (Å²) >= 11 is 0. The van der Waals surface area contributed by atoms with Gasteiger partial charge in [-0.3, -0.25) is 0 Å². The largest absolute Gasteiger partial charge is 0.447 e. The van der Waals surface area contributed by atoms with Crippen LogP contribution in [0, 0.1) is 0 Å². The molecule has 0 saturated heterocycles. The standard InChI is InChI=1S/C13H24N2O4S/c1-11(2)14-10-12-6-7-13(19-12)20(16,17)15-8-4-5-9-18-3/h6-7,11,14-15H,4-5,8-10H2,1-3H3. The molecule has 1 aromatic heterocycles. The van der Waals surface area contributed by atoms with Crippen LogP contribution >= 0.6 is 0 Å². The first kappa shape index (κ1) is 17.2. The summed E-state index contributed by atoms with van der Waals surface area (Å²) in [5.41, 5.74) is 0. The Morgan fingerprint density at radius 2 is 2.05 bits per heavy atom. The lowest BCUT2D eigenvalue weighted by molar-refractivity contribution is 0.193. The van der Waals surface area contributed by atoms with Crippen molar-refractivity contribution in [3.63, 3.8) is 0 Å². The SMILES string of the molecule is COCCCCNS(=O)(=O)c1ccc(CNC(C)C)o1. The van der Waals surface area contributed by atoms with Gasteiger partial charge >= 0.3 is 0 Å². The fourth-order valence-electron chi connectivity index (χ4n) is 1.55. The smallest absolute Gasteiger partial charge is 0.273 e. The van der Waals surface area contributed by atoms with Crippen LogP contribution in [0.2, 0.25) is 0 Å². The summed E-state index contributed by atoms with van der Waals surface area (Å²) in [7, 11) is -1.93. The van der Waals surface area contributed by atoms with Crippen LogP contribution in [0.4, 0.5) is 0 Å². The van der Waals surface area contributed by atoms with Crippen molar-refractivity contribution in [1.29, 1.82) is 0 Å². The second kappa shape index (κ2) is 8.41. The van der Waals surface area contributed by atoms with E-state index in [9.17, 15) is 8.42 Å². The number of ether oxygens (including phenoxy) is 1. The monoisotopic (exact) mass is 304 g/mol. The summed E-state index contributed by atoms with van der Waals surface area (Å²) in [6, 6.07) is 3.48. The van der Waals surface area contributed by atoms with E-state index >= 15 is 0 Å². The van der Waals surface area contributed by atoms with E-state index in [1.54, 1.807) is 13.2 Å². The molecule has 7 heteroatoms. The highest BCUT2D eigenvalue weighted by molar-refractivity contribution is 7.89. The minimum atomic E-state index is -3.55. The molecule has 0 aromatic carbocycles. The van der Waals surface area contributed by atoms with Gasteiger partial charge in [0.15, 0.2) is 0 Å². The summed E-state index contributed by atoms with van der Waals surface area (Å²) < 4.78 is 36.7. The number of furan rings is 1. The second-order valence-corrected chi connectivity index (χ2v) is 6.55. The Hall–Kier alpha value is -0.890. The van der Waals surface area contributed by atoms with E-state index in [1.807, 2.05) is 13.8 Å². The number of sulfonamides is 1. The van der Waals surface area contributed by atoms with Crippen molar-refractivity contribution < 1.29 is 17.6 Å². The van der Waals surface area contributed by atoms with Crippen LogP contribution in [0.15, 0.2) is 21.6 Å². The maximum Gasteiger partial charge on any atom is 0.273 e. The Labute approximate surface area is 120 Å². The molecule has 0 aliphatic rings. The molecule has 0 aliphatic carbocycles. The molecule has 0 amide bonds. The van der Waals surface area contributed by atoms with Gasteiger partial charge in [0.25, 0.3) is 10.0 Å². The molecule has 6 nitrogen and oxygen atoms in total. The molecule has 0 atom stereocenters. The molecule has 0 unspecified atom stereocenters. The molecule has 1 aromatic rings. The van der Waals surface area contributed by atoms with Gasteiger partial charge in [0.1, 0.15) is 5.76 Å². The van der Waals surface area contributed by atoms with Crippen molar-refractivity contribution in [2.45, 2.75) is 44.4 Å². The highest BCUT2D eigenvalue weighted by Gasteiger charge is 2.18. The molecule has 116 valence electrons. The van der Waals surface area contributed by atoms with Gasteiger partial charge in [-0.1, -0.05) is 13.8 Å². The molecule has 0 radical (unpaired) electrons. The summed E-state index contributed by atoms with van der Waals surface area (Å²) in [5, 5.41) is 3.13. The lowest BCUT2D eigenvalue weighted by Crippen LogP contribution is -2.24. The first-order chi connectivity index (χ1) is 9.45. The number of unbranched alkanes of at least 4 members (excludes halogenated alkanes) is 1. The Bertz CT molecular complexity index is 482. The number of hydrogen-bond donors (Lipinski definition) is 2. The first-order valence-electron chi connectivity index (χ1n) is 6.76. The average molecular weight is 304 g/mol. The third kappa shape index (κ3) is 6.04. The van der Waals surface area contributed by atoms with Crippen LogP contribution in [-0.2, 0) is 21.3 Å². The summed E-state index contributed by atoms with van der Waals surface area (Å²) in [6.45, 7) is 5.56. The van der Waals surface area contributed by atoms with E-state index in [-0.39, 0.29) is 5.09 Å². The topological polar surface area (TPSA) is 80.6 Å². The van der Waals surface area contributed by atoms with Crippen molar-refractivity contribution in [3.05, 3.63) is 17.9 Å². The summed E-state index contributed by atoms with van der Waals surface area (Å²) in [5.74, 6) is 0.610. The zero-order valence-electron chi connectivity index (χ0n) is 12.3. The van der Waals surface area contributed by atoms with Gasteiger partial charge in [0.2, 0.25) is 5.09 Å². The van der Waals surface area contributed by atoms with Gasteiger partial charge in [-0.15, -0.1) is 0 Å². The predicted molar refractivity (Wildman–Crippen MR) is 77.0 cm³/mol.